The predicted octanol–water partition coefficient (Wildman–Crippen LogP) is 3.97. The van der Waals surface area contributed by atoms with E-state index in [1.807, 2.05) is 38.1 Å². The lowest BCUT2D eigenvalue weighted by atomic mass is 10.1. The first-order chi connectivity index (χ1) is 9.19. The van der Waals surface area contributed by atoms with E-state index in [4.69, 9.17) is 16.3 Å². The van der Waals surface area contributed by atoms with Gasteiger partial charge in [0.25, 0.3) is 0 Å². The average Bonchev–Trinajstić information content (AvgIpc) is 2.40. The molecule has 1 heterocycles. The standard InChI is InChI=1S/C14H16ClN3O/c1-3-19-10(2)11-4-6-12(7-5-11)17-14-9-16-8-13(15)18-14/h4-10H,3H2,1-2H3,(H,17,18). The number of anilines is 2. The van der Waals surface area contributed by atoms with E-state index in [9.17, 15) is 0 Å². The summed E-state index contributed by atoms with van der Waals surface area (Å²) in [5.41, 5.74) is 2.08. The summed E-state index contributed by atoms with van der Waals surface area (Å²) < 4.78 is 5.54. The minimum atomic E-state index is 0.102. The number of ether oxygens (including phenoxy) is 1. The van der Waals surface area contributed by atoms with Crippen LogP contribution >= 0.6 is 11.6 Å². The van der Waals surface area contributed by atoms with Crippen LogP contribution in [0.15, 0.2) is 36.7 Å². The molecule has 0 saturated heterocycles. The molecule has 1 atom stereocenters. The number of rotatable bonds is 5. The maximum absolute atomic E-state index is 5.78. The Morgan fingerprint density at radius 2 is 2.00 bits per heavy atom. The SMILES string of the molecule is CCOC(C)c1ccc(Nc2cncc(Cl)n2)cc1. The van der Waals surface area contributed by atoms with Crippen molar-refractivity contribution in [2.24, 2.45) is 0 Å². The second kappa shape index (κ2) is 6.50. The quantitative estimate of drug-likeness (QED) is 0.898. The second-order valence-corrected chi connectivity index (χ2v) is 4.46. The molecular weight excluding hydrogens is 262 g/mol. The molecule has 5 heteroatoms. The van der Waals surface area contributed by atoms with E-state index in [0.29, 0.717) is 17.6 Å². The highest BCUT2D eigenvalue weighted by Crippen LogP contribution is 2.21. The highest BCUT2D eigenvalue weighted by Gasteiger charge is 2.04. The van der Waals surface area contributed by atoms with E-state index in [-0.39, 0.29) is 6.10 Å². The van der Waals surface area contributed by atoms with Crippen LogP contribution in [0.5, 0.6) is 0 Å². The molecule has 100 valence electrons. The Morgan fingerprint density at radius 3 is 2.63 bits per heavy atom. The molecule has 1 aromatic carbocycles. The Morgan fingerprint density at radius 1 is 1.26 bits per heavy atom. The largest absolute Gasteiger partial charge is 0.374 e. The summed E-state index contributed by atoms with van der Waals surface area (Å²) in [6.45, 7) is 4.73. The van der Waals surface area contributed by atoms with Crippen LogP contribution in [0.2, 0.25) is 5.15 Å². The molecule has 2 aromatic rings. The van der Waals surface area contributed by atoms with Crippen LogP contribution in [0.4, 0.5) is 11.5 Å². The van der Waals surface area contributed by atoms with Crippen molar-refractivity contribution in [3.8, 4) is 0 Å². The Hall–Kier alpha value is -1.65. The fourth-order valence-corrected chi connectivity index (χ4v) is 1.88. The van der Waals surface area contributed by atoms with Gasteiger partial charge in [-0.1, -0.05) is 23.7 Å². The Balaban J connectivity index is 2.06. The van der Waals surface area contributed by atoms with E-state index >= 15 is 0 Å². The Kier molecular flexibility index (Phi) is 4.71. The summed E-state index contributed by atoms with van der Waals surface area (Å²) in [7, 11) is 0. The van der Waals surface area contributed by atoms with Gasteiger partial charge in [-0.3, -0.25) is 4.98 Å². The lowest BCUT2D eigenvalue weighted by molar-refractivity contribution is 0.0764. The predicted molar refractivity (Wildman–Crippen MR) is 76.8 cm³/mol. The molecule has 0 bridgehead atoms. The smallest absolute Gasteiger partial charge is 0.150 e. The van der Waals surface area contributed by atoms with Crippen LogP contribution in [-0.4, -0.2) is 16.6 Å². The number of nitrogens with one attached hydrogen (secondary N) is 1. The Bertz CT molecular complexity index is 530. The summed E-state index contributed by atoms with van der Waals surface area (Å²) in [6, 6.07) is 8.02. The molecule has 0 radical (unpaired) electrons. The molecular formula is C14H16ClN3O. The molecule has 0 aliphatic rings. The molecule has 1 N–H and O–H groups in total. The molecule has 1 unspecified atom stereocenters. The van der Waals surface area contributed by atoms with Crippen LogP contribution in [-0.2, 0) is 4.74 Å². The zero-order valence-corrected chi connectivity index (χ0v) is 11.7. The molecule has 0 saturated carbocycles. The molecule has 0 amide bonds. The van der Waals surface area contributed by atoms with Gasteiger partial charge in [-0.2, -0.15) is 0 Å². The van der Waals surface area contributed by atoms with Crippen molar-refractivity contribution < 1.29 is 4.74 Å². The first-order valence-corrected chi connectivity index (χ1v) is 6.53. The van der Waals surface area contributed by atoms with Crippen LogP contribution < -0.4 is 5.32 Å². The first-order valence-electron chi connectivity index (χ1n) is 6.15. The van der Waals surface area contributed by atoms with Gasteiger partial charge in [0.1, 0.15) is 5.15 Å². The minimum absolute atomic E-state index is 0.102. The van der Waals surface area contributed by atoms with Crippen LogP contribution in [0.25, 0.3) is 0 Å². The number of halogens is 1. The van der Waals surface area contributed by atoms with Gasteiger partial charge in [0.15, 0.2) is 5.82 Å². The number of nitrogens with zero attached hydrogens (tertiary/aromatic N) is 2. The van der Waals surface area contributed by atoms with E-state index in [1.165, 1.54) is 6.20 Å². The van der Waals surface area contributed by atoms with Crippen molar-refractivity contribution >= 4 is 23.1 Å². The lowest BCUT2D eigenvalue weighted by Crippen LogP contribution is -2.00. The van der Waals surface area contributed by atoms with Gasteiger partial charge >= 0.3 is 0 Å². The lowest BCUT2D eigenvalue weighted by Gasteiger charge is -2.12. The normalized spacial score (nSPS) is 12.2. The average molecular weight is 278 g/mol. The minimum Gasteiger partial charge on any atom is -0.374 e. The molecule has 0 fully saturated rings. The molecule has 2 rings (SSSR count). The number of aromatic nitrogens is 2. The maximum atomic E-state index is 5.78. The summed E-state index contributed by atoms with van der Waals surface area (Å²) in [5.74, 6) is 0.623. The van der Waals surface area contributed by atoms with E-state index in [1.54, 1.807) is 6.20 Å². The van der Waals surface area contributed by atoms with Crippen molar-refractivity contribution in [3.63, 3.8) is 0 Å². The van der Waals surface area contributed by atoms with Crippen molar-refractivity contribution in [2.75, 3.05) is 11.9 Å². The highest BCUT2D eigenvalue weighted by atomic mass is 35.5. The summed E-state index contributed by atoms with van der Waals surface area (Å²) >= 11 is 5.78. The fourth-order valence-electron chi connectivity index (χ4n) is 1.73. The number of hydrogen-bond acceptors (Lipinski definition) is 4. The van der Waals surface area contributed by atoms with Crippen LogP contribution in [0.1, 0.15) is 25.5 Å². The zero-order chi connectivity index (χ0) is 13.7. The van der Waals surface area contributed by atoms with E-state index in [2.05, 4.69) is 15.3 Å². The topological polar surface area (TPSA) is 47.0 Å². The number of hydrogen-bond donors (Lipinski definition) is 1. The van der Waals surface area contributed by atoms with Gasteiger partial charge in [0, 0.05) is 12.3 Å². The molecule has 4 nitrogen and oxygen atoms in total. The third-order valence-electron chi connectivity index (χ3n) is 2.67. The van der Waals surface area contributed by atoms with Crippen molar-refractivity contribution in [2.45, 2.75) is 20.0 Å². The summed E-state index contributed by atoms with van der Waals surface area (Å²) in [5, 5.41) is 3.51. The van der Waals surface area contributed by atoms with Gasteiger partial charge in [-0.15, -0.1) is 0 Å². The van der Waals surface area contributed by atoms with Gasteiger partial charge in [0.05, 0.1) is 18.5 Å². The van der Waals surface area contributed by atoms with E-state index in [0.717, 1.165) is 11.3 Å². The third kappa shape index (κ3) is 3.91. The molecule has 1 aromatic heterocycles. The number of benzene rings is 1. The second-order valence-electron chi connectivity index (χ2n) is 4.07. The van der Waals surface area contributed by atoms with Gasteiger partial charge in [0.2, 0.25) is 0 Å². The van der Waals surface area contributed by atoms with Crippen molar-refractivity contribution in [1.82, 2.24) is 9.97 Å². The van der Waals surface area contributed by atoms with Crippen LogP contribution in [0.3, 0.4) is 0 Å². The fraction of sp³-hybridized carbons (Fsp3) is 0.286. The van der Waals surface area contributed by atoms with Crippen molar-refractivity contribution in [3.05, 3.63) is 47.4 Å². The third-order valence-corrected chi connectivity index (χ3v) is 2.86. The van der Waals surface area contributed by atoms with Gasteiger partial charge < -0.3 is 10.1 Å². The molecule has 0 spiro atoms. The molecule has 0 aliphatic heterocycles. The van der Waals surface area contributed by atoms with E-state index < -0.39 is 0 Å². The highest BCUT2D eigenvalue weighted by molar-refractivity contribution is 6.29. The molecule has 19 heavy (non-hydrogen) atoms. The Labute approximate surface area is 117 Å². The van der Waals surface area contributed by atoms with Crippen molar-refractivity contribution in [1.29, 1.82) is 0 Å². The zero-order valence-electron chi connectivity index (χ0n) is 10.9. The monoisotopic (exact) mass is 277 g/mol. The summed E-state index contributed by atoms with van der Waals surface area (Å²) in [6.07, 6.45) is 3.23. The molecule has 0 aliphatic carbocycles. The first kappa shape index (κ1) is 13.8. The maximum Gasteiger partial charge on any atom is 0.150 e. The van der Waals surface area contributed by atoms with Crippen LogP contribution in [0, 0.1) is 0 Å². The van der Waals surface area contributed by atoms with Gasteiger partial charge in [-0.25, -0.2) is 4.98 Å². The summed E-state index contributed by atoms with van der Waals surface area (Å²) in [4.78, 5) is 8.10. The van der Waals surface area contributed by atoms with Gasteiger partial charge in [-0.05, 0) is 31.5 Å².